The number of benzene rings is 3. The molecular formula is C14H10O3. The molecule has 0 radical (unpaired) electrons. The molecule has 3 aromatic carbocycles. The maximum atomic E-state index is 10.1. The Morgan fingerprint density at radius 3 is 2.24 bits per heavy atom. The van der Waals surface area contributed by atoms with Gasteiger partial charge < -0.3 is 15.3 Å². The van der Waals surface area contributed by atoms with Crippen molar-refractivity contribution >= 4 is 21.5 Å². The molecule has 0 aliphatic carbocycles. The molecule has 0 spiro atoms. The summed E-state index contributed by atoms with van der Waals surface area (Å²) in [5, 5.41) is 31.9. The summed E-state index contributed by atoms with van der Waals surface area (Å²) in [6, 6.07) is 11.7. The molecule has 3 N–H and O–H groups in total. The van der Waals surface area contributed by atoms with Gasteiger partial charge in [-0.3, -0.25) is 0 Å². The maximum absolute atomic E-state index is 10.1. The van der Waals surface area contributed by atoms with Gasteiger partial charge >= 0.3 is 0 Å². The third-order valence-corrected chi connectivity index (χ3v) is 2.95. The lowest BCUT2D eigenvalue weighted by atomic mass is 10.0. The molecule has 0 fully saturated rings. The fourth-order valence-corrected chi connectivity index (χ4v) is 2.14. The lowest BCUT2D eigenvalue weighted by Gasteiger charge is -2.08. The Bertz CT molecular complexity index is 732. The van der Waals surface area contributed by atoms with Crippen LogP contribution in [0.4, 0.5) is 0 Å². The smallest absolute Gasteiger partial charge is 0.135 e. The monoisotopic (exact) mass is 226 g/mol. The van der Waals surface area contributed by atoms with Crippen LogP contribution < -0.4 is 0 Å². The van der Waals surface area contributed by atoms with Crippen LogP contribution in [0.3, 0.4) is 0 Å². The van der Waals surface area contributed by atoms with Crippen LogP contribution in [0.2, 0.25) is 0 Å². The Labute approximate surface area is 97.2 Å². The van der Waals surface area contributed by atoms with Crippen LogP contribution >= 0.6 is 0 Å². The molecule has 0 saturated carbocycles. The minimum absolute atomic E-state index is 0.00787. The highest BCUT2D eigenvalue weighted by molar-refractivity contribution is 6.09. The maximum Gasteiger partial charge on any atom is 0.135 e. The Balaban J connectivity index is 2.63. The zero-order valence-corrected chi connectivity index (χ0v) is 8.88. The highest BCUT2D eigenvalue weighted by Gasteiger charge is 2.11. The van der Waals surface area contributed by atoms with Crippen molar-refractivity contribution < 1.29 is 15.3 Å². The Morgan fingerprint density at radius 2 is 1.41 bits per heavy atom. The first-order valence-electron chi connectivity index (χ1n) is 5.24. The average molecular weight is 226 g/mol. The summed E-state index contributed by atoms with van der Waals surface area (Å²) < 4.78 is 0. The van der Waals surface area contributed by atoms with Gasteiger partial charge in [0.1, 0.15) is 17.2 Å². The van der Waals surface area contributed by atoms with Gasteiger partial charge in [0.2, 0.25) is 0 Å². The van der Waals surface area contributed by atoms with Crippen molar-refractivity contribution in [2.75, 3.05) is 0 Å². The third-order valence-electron chi connectivity index (χ3n) is 2.95. The molecule has 17 heavy (non-hydrogen) atoms. The van der Waals surface area contributed by atoms with E-state index in [9.17, 15) is 15.3 Å². The molecule has 0 heterocycles. The van der Waals surface area contributed by atoms with Gasteiger partial charge in [-0.2, -0.15) is 0 Å². The molecule has 0 unspecified atom stereocenters. The van der Waals surface area contributed by atoms with Gasteiger partial charge in [-0.1, -0.05) is 24.3 Å². The molecule has 0 aliphatic heterocycles. The van der Waals surface area contributed by atoms with E-state index >= 15 is 0 Å². The second-order valence-corrected chi connectivity index (χ2v) is 3.97. The normalized spacial score (nSPS) is 11.1. The second-order valence-electron chi connectivity index (χ2n) is 3.97. The highest BCUT2D eigenvalue weighted by Crippen LogP contribution is 2.40. The quantitative estimate of drug-likeness (QED) is 0.516. The van der Waals surface area contributed by atoms with Crippen molar-refractivity contribution in [3.8, 4) is 17.2 Å². The van der Waals surface area contributed by atoms with E-state index in [1.165, 1.54) is 6.07 Å². The molecule has 3 aromatic rings. The number of phenolic OH excluding ortho intramolecular Hbond substituents is 3. The van der Waals surface area contributed by atoms with Gasteiger partial charge in [0, 0.05) is 10.8 Å². The van der Waals surface area contributed by atoms with Crippen molar-refractivity contribution in [1.29, 1.82) is 0 Å². The van der Waals surface area contributed by atoms with Gasteiger partial charge in [0.05, 0.1) is 5.39 Å². The van der Waals surface area contributed by atoms with E-state index in [4.69, 9.17) is 0 Å². The molecule has 0 atom stereocenters. The molecule has 0 bridgehead atoms. The van der Waals surface area contributed by atoms with Gasteiger partial charge in [-0.05, 0) is 23.6 Å². The van der Waals surface area contributed by atoms with Gasteiger partial charge in [0.25, 0.3) is 0 Å². The van der Waals surface area contributed by atoms with E-state index in [1.54, 1.807) is 36.4 Å². The van der Waals surface area contributed by atoms with E-state index in [0.717, 1.165) is 0 Å². The molecule has 3 nitrogen and oxygen atoms in total. The Hall–Kier alpha value is -2.42. The fourth-order valence-electron chi connectivity index (χ4n) is 2.14. The summed E-state index contributed by atoms with van der Waals surface area (Å²) in [4.78, 5) is 0. The first kappa shape index (κ1) is 9.78. The average Bonchev–Trinajstić information content (AvgIpc) is 2.31. The van der Waals surface area contributed by atoms with Crippen molar-refractivity contribution in [3.63, 3.8) is 0 Å². The van der Waals surface area contributed by atoms with Crippen molar-refractivity contribution in [2.24, 2.45) is 0 Å². The Morgan fingerprint density at radius 1 is 0.706 bits per heavy atom. The van der Waals surface area contributed by atoms with E-state index < -0.39 is 0 Å². The zero-order valence-electron chi connectivity index (χ0n) is 8.88. The van der Waals surface area contributed by atoms with E-state index in [-0.39, 0.29) is 17.2 Å². The van der Waals surface area contributed by atoms with Crippen LogP contribution in [-0.4, -0.2) is 15.3 Å². The standard InChI is InChI=1S/C14H10O3/c15-11-5-2-4-9-10(11)7-8-3-1-6-12(16)13(8)14(9)17/h1-7,15-17H. The summed E-state index contributed by atoms with van der Waals surface area (Å²) in [5.41, 5.74) is 0. The second kappa shape index (κ2) is 3.28. The summed E-state index contributed by atoms with van der Waals surface area (Å²) in [5.74, 6) is 0.139. The van der Waals surface area contributed by atoms with E-state index in [0.29, 0.717) is 21.5 Å². The molecule has 3 heteroatoms. The highest BCUT2D eigenvalue weighted by atomic mass is 16.3. The fraction of sp³-hybridized carbons (Fsp3) is 0. The molecular weight excluding hydrogens is 216 g/mol. The molecule has 84 valence electrons. The van der Waals surface area contributed by atoms with E-state index in [2.05, 4.69) is 0 Å². The van der Waals surface area contributed by atoms with Crippen LogP contribution in [0.15, 0.2) is 42.5 Å². The number of fused-ring (bicyclic) bond motifs is 2. The number of hydrogen-bond acceptors (Lipinski definition) is 3. The molecule has 0 aliphatic rings. The van der Waals surface area contributed by atoms with Crippen molar-refractivity contribution in [1.82, 2.24) is 0 Å². The molecule has 0 aromatic heterocycles. The van der Waals surface area contributed by atoms with E-state index in [1.807, 2.05) is 0 Å². The van der Waals surface area contributed by atoms with Gasteiger partial charge in [0.15, 0.2) is 0 Å². The van der Waals surface area contributed by atoms with Crippen LogP contribution in [0.25, 0.3) is 21.5 Å². The summed E-state index contributed by atoms with van der Waals surface area (Å²) in [6.45, 7) is 0. The van der Waals surface area contributed by atoms with Gasteiger partial charge in [-0.15, -0.1) is 0 Å². The van der Waals surface area contributed by atoms with Crippen molar-refractivity contribution in [3.05, 3.63) is 42.5 Å². The molecule has 0 amide bonds. The molecule has 3 rings (SSSR count). The largest absolute Gasteiger partial charge is 0.507 e. The number of rotatable bonds is 0. The predicted octanol–water partition coefficient (Wildman–Crippen LogP) is 3.11. The van der Waals surface area contributed by atoms with Crippen LogP contribution in [0.1, 0.15) is 0 Å². The van der Waals surface area contributed by atoms with Crippen LogP contribution in [0.5, 0.6) is 17.2 Å². The topological polar surface area (TPSA) is 60.7 Å². The minimum Gasteiger partial charge on any atom is -0.507 e. The Kier molecular flexibility index (Phi) is 1.89. The lowest BCUT2D eigenvalue weighted by Crippen LogP contribution is -1.80. The first-order chi connectivity index (χ1) is 8.18. The number of aromatic hydroxyl groups is 3. The SMILES string of the molecule is Oc1cccc2c(O)c3c(O)cccc3cc12. The molecule has 0 saturated heterocycles. The summed E-state index contributed by atoms with van der Waals surface area (Å²) in [6.07, 6.45) is 0. The van der Waals surface area contributed by atoms with Crippen molar-refractivity contribution in [2.45, 2.75) is 0 Å². The summed E-state index contributed by atoms with van der Waals surface area (Å²) in [7, 11) is 0. The van der Waals surface area contributed by atoms with Crippen LogP contribution in [0, 0.1) is 0 Å². The number of phenols is 3. The minimum atomic E-state index is -0.00787. The predicted molar refractivity (Wildman–Crippen MR) is 66.4 cm³/mol. The first-order valence-corrected chi connectivity index (χ1v) is 5.24. The lowest BCUT2D eigenvalue weighted by molar-refractivity contribution is 0.466. The zero-order chi connectivity index (χ0) is 12.0. The summed E-state index contributed by atoms with van der Waals surface area (Å²) >= 11 is 0. The number of hydrogen-bond donors (Lipinski definition) is 3. The van der Waals surface area contributed by atoms with Gasteiger partial charge in [-0.25, -0.2) is 0 Å². The van der Waals surface area contributed by atoms with Crippen LogP contribution in [-0.2, 0) is 0 Å². The third kappa shape index (κ3) is 1.29.